The van der Waals surface area contributed by atoms with Gasteiger partial charge in [0, 0.05) is 24.4 Å². The van der Waals surface area contributed by atoms with Crippen molar-refractivity contribution in [1.82, 2.24) is 9.80 Å². The molecule has 0 saturated carbocycles. The molecule has 20 heavy (non-hydrogen) atoms. The second-order valence-electron chi connectivity index (χ2n) is 6.95. The lowest BCUT2D eigenvalue weighted by molar-refractivity contribution is -0.961. The molecule has 0 spiro atoms. The Morgan fingerprint density at radius 3 is 2.70 bits per heavy atom. The van der Waals surface area contributed by atoms with Crippen LogP contribution in [0.1, 0.15) is 19.3 Å². The van der Waals surface area contributed by atoms with Gasteiger partial charge in [-0.2, -0.15) is 0 Å². The summed E-state index contributed by atoms with van der Waals surface area (Å²) in [7, 11) is 0. The average molecular weight is 276 g/mol. The minimum Gasteiger partial charge on any atom is -0.374 e. The van der Waals surface area contributed by atoms with E-state index in [0.717, 1.165) is 43.2 Å². The lowest BCUT2D eigenvalue weighted by Gasteiger charge is -2.59. The fraction of sp³-hybridized carbons (Fsp3) is 0.750. The third-order valence-corrected chi connectivity index (χ3v) is 6.07. The molecule has 0 aromatic rings. The van der Waals surface area contributed by atoms with Crippen LogP contribution < -0.4 is 0 Å². The van der Waals surface area contributed by atoms with Gasteiger partial charge in [0.1, 0.15) is 0 Å². The quantitative estimate of drug-likeness (QED) is 0.609. The molecule has 4 nitrogen and oxygen atoms in total. The molecule has 5 aliphatic heterocycles. The van der Waals surface area contributed by atoms with Crippen molar-refractivity contribution in [3.05, 3.63) is 24.4 Å². The predicted octanol–water partition coefficient (Wildman–Crippen LogP) is 0.757. The molecule has 2 bridgehead atoms. The van der Waals surface area contributed by atoms with E-state index in [1.165, 1.54) is 31.4 Å². The molecular weight excluding hydrogens is 250 g/mol. The Morgan fingerprint density at radius 1 is 1.30 bits per heavy atom. The van der Waals surface area contributed by atoms with Gasteiger partial charge in [-0.1, -0.05) is 6.58 Å². The van der Waals surface area contributed by atoms with Gasteiger partial charge in [-0.15, -0.1) is 0 Å². The van der Waals surface area contributed by atoms with Gasteiger partial charge in [-0.3, -0.25) is 4.90 Å². The first-order valence-corrected chi connectivity index (χ1v) is 8.09. The van der Waals surface area contributed by atoms with Crippen molar-refractivity contribution in [3.63, 3.8) is 0 Å². The molecule has 4 fully saturated rings. The summed E-state index contributed by atoms with van der Waals surface area (Å²) in [5.41, 5.74) is 1.49. The van der Waals surface area contributed by atoms with E-state index in [-0.39, 0.29) is 12.3 Å². The van der Waals surface area contributed by atoms with Crippen molar-refractivity contribution in [2.24, 2.45) is 0 Å². The summed E-state index contributed by atoms with van der Waals surface area (Å²) in [5.74, 6) is 0. The third kappa shape index (κ3) is 1.71. The van der Waals surface area contributed by atoms with Gasteiger partial charge in [0.25, 0.3) is 0 Å². The number of rotatable bonds is 3. The van der Waals surface area contributed by atoms with Crippen molar-refractivity contribution in [2.75, 3.05) is 39.3 Å². The molecule has 3 atom stereocenters. The minimum atomic E-state index is -0.290. The first-order valence-electron chi connectivity index (χ1n) is 8.09. The first kappa shape index (κ1) is 12.9. The Kier molecular flexibility index (Phi) is 2.95. The van der Waals surface area contributed by atoms with E-state index < -0.39 is 0 Å². The minimum absolute atomic E-state index is 0.275. The van der Waals surface area contributed by atoms with Crippen LogP contribution in [-0.4, -0.2) is 77.0 Å². The maximum absolute atomic E-state index is 10.8. The van der Waals surface area contributed by atoms with Crippen molar-refractivity contribution in [3.8, 4) is 0 Å². The lowest BCUT2D eigenvalue weighted by Crippen LogP contribution is -2.76. The van der Waals surface area contributed by atoms with Crippen molar-refractivity contribution >= 4 is 0 Å². The topological polar surface area (TPSA) is 26.7 Å². The molecule has 0 aromatic heterocycles. The summed E-state index contributed by atoms with van der Waals surface area (Å²) in [5, 5.41) is 10.8. The molecule has 3 unspecified atom stereocenters. The smallest absolute Gasteiger partial charge is 0.164 e. The van der Waals surface area contributed by atoms with E-state index in [1.54, 1.807) is 0 Å². The van der Waals surface area contributed by atoms with Crippen LogP contribution >= 0.6 is 0 Å². The second-order valence-corrected chi connectivity index (χ2v) is 6.95. The molecular formula is C16H26N3O+. The number of hydrogen-bond acceptors (Lipinski definition) is 3. The van der Waals surface area contributed by atoms with E-state index in [9.17, 15) is 5.11 Å². The Balaban J connectivity index is 1.67. The van der Waals surface area contributed by atoms with Crippen LogP contribution in [0.2, 0.25) is 0 Å². The van der Waals surface area contributed by atoms with Crippen LogP contribution in [0.15, 0.2) is 24.4 Å². The normalized spacial score (nSPS) is 46.5. The molecule has 5 heterocycles. The van der Waals surface area contributed by atoms with Gasteiger partial charge < -0.3 is 14.5 Å². The molecule has 0 radical (unpaired) electrons. The van der Waals surface area contributed by atoms with E-state index >= 15 is 0 Å². The van der Waals surface area contributed by atoms with Crippen LogP contribution in [-0.2, 0) is 0 Å². The molecule has 0 aromatic carbocycles. The summed E-state index contributed by atoms with van der Waals surface area (Å²) in [6.45, 7) is 10.6. The molecule has 110 valence electrons. The Hall–Kier alpha value is -0.840. The van der Waals surface area contributed by atoms with E-state index in [2.05, 4.69) is 28.7 Å². The number of piperazine rings is 3. The molecule has 4 heteroatoms. The van der Waals surface area contributed by atoms with E-state index in [0.29, 0.717) is 0 Å². The van der Waals surface area contributed by atoms with Gasteiger partial charge in [0.05, 0.1) is 32.7 Å². The summed E-state index contributed by atoms with van der Waals surface area (Å²) < 4.78 is 1.03. The van der Waals surface area contributed by atoms with E-state index in [1.807, 2.05) is 0 Å². The average Bonchev–Trinajstić information content (AvgIpc) is 2.42. The zero-order valence-corrected chi connectivity index (χ0v) is 12.2. The van der Waals surface area contributed by atoms with Crippen LogP contribution in [0.5, 0.6) is 0 Å². The summed E-state index contributed by atoms with van der Waals surface area (Å²) in [6, 6.07) is 1.07. The number of quaternary nitrogens is 1. The SMILES string of the molecule is C=CC[N+]12CCN(CC1)C(O)C2C1=CN2CCC2CC1. The largest absolute Gasteiger partial charge is 0.374 e. The number of fused-ring (bicyclic) bond motifs is 4. The third-order valence-electron chi connectivity index (χ3n) is 6.07. The molecule has 5 rings (SSSR count). The van der Waals surface area contributed by atoms with Crippen LogP contribution in [0, 0.1) is 0 Å². The fourth-order valence-corrected chi connectivity index (χ4v) is 4.78. The number of hydrogen-bond donors (Lipinski definition) is 1. The number of nitrogens with zero attached hydrogens (tertiary/aromatic N) is 3. The Morgan fingerprint density at radius 2 is 2.10 bits per heavy atom. The second kappa shape index (κ2) is 4.58. The van der Waals surface area contributed by atoms with Gasteiger partial charge >= 0.3 is 0 Å². The number of aliphatic hydroxyl groups is 1. The highest BCUT2D eigenvalue weighted by Gasteiger charge is 2.53. The fourth-order valence-electron chi connectivity index (χ4n) is 4.78. The summed E-state index contributed by atoms with van der Waals surface area (Å²) >= 11 is 0. The maximum atomic E-state index is 10.8. The van der Waals surface area contributed by atoms with Gasteiger partial charge in [-0.05, 0) is 25.3 Å². The van der Waals surface area contributed by atoms with Crippen molar-refractivity contribution in [1.29, 1.82) is 0 Å². The van der Waals surface area contributed by atoms with Gasteiger partial charge in [0.15, 0.2) is 12.3 Å². The van der Waals surface area contributed by atoms with E-state index in [4.69, 9.17) is 0 Å². The van der Waals surface area contributed by atoms with Crippen LogP contribution in [0.3, 0.4) is 0 Å². The van der Waals surface area contributed by atoms with Gasteiger partial charge in [-0.25, -0.2) is 0 Å². The van der Waals surface area contributed by atoms with Crippen LogP contribution in [0.4, 0.5) is 0 Å². The Labute approximate surface area is 121 Å². The molecule has 4 saturated heterocycles. The summed E-state index contributed by atoms with van der Waals surface area (Å²) in [4.78, 5) is 4.77. The van der Waals surface area contributed by atoms with Gasteiger partial charge in [0.2, 0.25) is 0 Å². The lowest BCUT2D eigenvalue weighted by atomic mass is 9.85. The molecule has 1 N–H and O–H groups in total. The first-order chi connectivity index (χ1) is 9.73. The van der Waals surface area contributed by atoms with Crippen molar-refractivity contribution in [2.45, 2.75) is 37.6 Å². The zero-order chi connectivity index (χ0) is 13.7. The Bertz CT molecular complexity index is 439. The zero-order valence-electron chi connectivity index (χ0n) is 12.2. The molecule has 5 aliphatic rings. The predicted molar refractivity (Wildman–Crippen MR) is 78.9 cm³/mol. The molecule has 0 aliphatic carbocycles. The highest BCUT2D eigenvalue weighted by molar-refractivity contribution is 5.18. The highest BCUT2D eigenvalue weighted by Crippen LogP contribution is 2.39. The summed E-state index contributed by atoms with van der Waals surface area (Å²) in [6.07, 6.45) is 7.96. The highest BCUT2D eigenvalue weighted by atomic mass is 16.3. The number of aliphatic hydroxyl groups excluding tert-OH is 1. The molecule has 0 amide bonds. The van der Waals surface area contributed by atoms with Crippen LogP contribution in [0.25, 0.3) is 0 Å². The standard InChI is InChI=1S/C16H26N3O/c1-2-9-19-10-7-17(8-11-19)16(20)15(19)13-3-4-14-5-6-18(14)12-13/h2,12,14-16,20H,1,3-11H2/q+1. The van der Waals surface area contributed by atoms with Crippen molar-refractivity contribution < 1.29 is 9.59 Å². The monoisotopic (exact) mass is 276 g/mol. The maximum Gasteiger partial charge on any atom is 0.164 e.